The lowest BCUT2D eigenvalue weighted by molar-refractivity contribution is -0.156. The van der Waals surface area contributed by atoms with Gasteiger partial charge in [0.1, 0.15) is 60.4 Å². The van der Waals surface area contributed by atoms with Crippen molar-refractivity contribution in [1.82, 2.24) is 55.6 Å². The average molecular weight is 1200 g/mol. The molecule has 1 fully saturated rings. The first-order chi connectivity index (χ1) is 39.3. The Bertz CT molecular complexity index is 2310. The van der Waals surface area contributed by atoms with E-state index in [4.69, 9.17) is 0 Å². The fourth-order valence-electron chi connectivity index (χ4n) is 10.7. The summed E-state index contributed by atoms with van der Waals surface area (Å²) in [6.07, 6.45) is 5.99. The second-order valence-corrected chi connectivity index (χ2v) is 26.4. The van der Waals surface area contributed by atoms with E-state index < -0.39 is 144 Å². The highest BCUT2D eigenvalue weighted by Crippen LogP contribution is 2.25. The largest absolute Gasteiger partial charge is 0.343 e. The summed E-state index contributed by atoms with van der Waals surface area (Å²) in [5.74, 6) is -8.04. The molecule has 1 rings (SSSR count). The van der Waals surface area contributed by atoms with Gasteiger partial charge in [0.25, 0.3) is 0 Å². The lowest BCUT2D eigenvalue weighted by Crippen LogP contribution is -2.61. The van der Waals surface area contributed by atoms with Crippen molar-refractivity contribution in [3.05, 3.63) is 12.2 Å². The highest BCUT2D eigenvalue weighted by molar-refractivity contribution is 5.99. The Balaban J connectivity index is 4.29. The molecule has 4 N–H and O–H groups in total. The Morgan fingerprint density at radius 2 is 0.882 bits per heavy atom. The van der Waals surface area contributed by atoms with Crippen LogP contribution in [0.1, 0.15) is 169 Å². The molecule has 1 aliphatic rings. The summed E-state index contributed by atoms with van der Waals surface area (Å²) in [6, 6.07) is -11.4. The van der Waals surface area contributed by atoms with Crippen LogP contribution in [0.2, 0.25) is 0 Å². The molecule has 22 nitrogen and oxygen atoms in total. The summed E-state index contributed by atoms with van der Waals surface area (Å²) in [7, 11) is 10.3. The first kappa shape index (κ1) is 76.9. The lowest BCUT2D eigenvalue weighted by atomic mass is 9.94. The number of carbonyl (C=O) groups is 11. The number of hydrogen-bond acceptors (Lipinski definition) is 11. The molecule has 0 unspecified atom stereocenters. The minimum absolute atomic E-state index is 0.108. The van der Waals surface area contributed by atoms with E-state index in [1.165, 1.54) is 97.5 Å². The van der Waals surface area contributed by atoms with Crippen LogP contribution in [0.3, 0.4) is 0 Å². The quantitative estimate of drug-likeness (QED) is 0.154. The Morgan fingerprint density at radius 3 is 1.36 bits per heavy atom. The third-order valence-electron chi connectivity index (χ3n) is 16.2. The molecule has 0 aromatic rings. The number of likely N-dealkylation sites (N-methyl/N-ethyl adjacent to an activating group) is 7. The monoisotopic (exact) mass is 1200 g/mol. The number of allylic oxidation sites excluding steroid dienone is 2. The summed E-state index contributed by atoms with van der Waals surface area (Å²) in [4.78, 5) is 169. The van der Waals surface area contributed by atoms with Crippen LogP contribution in [0.4, 0.5) is 0 Å². The van der Waals surface area contributed by atoms with Crippen molar-refractivity contribution in [2.24, 2.45) is 41.4 Å². The molecule has 22 heteroatoms. The van der Waals surface area contributed by atoms with Gasteiger partial charge in [-0.3, -0.25) is 52.7 Å². The molecule has 0 aromatic carbocycles. The second-order valence-electron chi connectivity index (χ2n) is 26.4. The van der Waals surface area contributed by atoms with E-state index in [0.717, 1.165) is 0 Å². The van der Waals surface area contributed by atoms with Gasteiger partial charge in [0, 0.05) is 49.3 Å². The van der Waals surface area contributed by atoms with Gasteiger partial charge < -0.3 is 55.6 Å². The summed E-state index contributed by atoms with van der Waals surface area (Å²) in [6.45, 7) is 30.3. The fraction of sp³-hybridized carbons (Fsp3) is 0.794. The molecule has 1 aliphatic heterocycles. The van der Waals surface area contributed by atoms with E-state index in [1.807, 2.05) is 81.4 Å². The van der Waals surface area contributed by atoms with Crippen molar-refractivity contribution in [3.8, 4) is 0 Å². The predicted octanol–water partition coefficient (Wildman–Crippen LogP) is 4.69. The van der Waals surface area contributed by atoms with Crippen LogP contribution in [0.15, 0.2) is 12.2 Å². The van der Waals surface area contributed by atoms with Gasteiger partial charge in [0.15, 0.2) is 0 Å². The normalized spacial score (nSPS) is 26.5. The minimum Gasteiger partial charge on any atom is -0.343 e. The van der Waals surface area contributed by atoms with Gasteiger partial charge in [0.2, 0.25) is 65.0 Å². The van der Waals surface area contributed by atoms with E-state index in [0.29, 0.717) is 12.8 Å². The first-order valence-corrected chi connectivity index (χ1v) is 31.0. The highest BCUT2D eigenvalue weighted by Gasteiger charge is 2.44. The summed E-state index contributed by atoms with van der Waals surface area (Å²) in [5, 5.41) is 11.2. The van der Waals surface area contributed by atoms with Crippen molar-refractivity contribution in [1.29, 1.82) is 0 Å². The zero-order chi connectivity index (χ0) is 65.8. The van der Waals surface area contributed by atoms with E-state index >= 15 is 14.4 Å². The van der Waals surface area contributed by atoms with Crippen molar-refractivity contribution < 1.29 is 52.7 Å². The number of amides is 11. The second kappa shape index (κ2) is 35.5. The van der Waals surface area contributed by atoms with Gasteiger partial charge in [-0.05, 0) is 114 Å². The first-order valence-electron chi connectivity index (χ1n) is 31.0. The minimum atomic E-state index is -1.21. The van der Waals surface area contributed by atoms with Crippen LogP contribution in [0.5, 0.6) is 0 Å². The maximum absolute atomic E-state index is 15.2. The molecule has 11 amide bonds. The Labute approximate surface area is 510 Å². The summed E-state index contributed by atoms with van der Waals surface area (Å²) < 4.78 is 0. The summed E-state index contributed by atoms with van der Waals surface area (Å²) >= 11 is 0. The molecule has 0 aromatic heterocycles. The molecule has 1 saturated heterocycles. The zero-order valence-electron chi connectivity index (χ0n) is 56.5. The molecule has 0 aliphatic carbocycles. The maximum Gasteiger partial charge on any atom is 0.246 e. The van der Waals surface area contributed by atoms with Crippen LogP contribution in [0, 0.1) is 41.4 Å². The van der Waals surface area contributed by atoms with Gasteiger partial charge in [-0.2, -0.15) is 0 Å². The predicted molar refractivity (Wildman–Crippen MR) is 332 cm³/mol. The number of rotatable bonds is 16. The molecule has 486 valence electrons. The lowest BCUT2D eigenvalue weighted by Gasteiger charge is -2.40. The van der Waals surface area contributed by atoms with Gasteiger partial charge in [-0.15, -0.1) is 0 Å². The van der Waals surface area contributed by atoms with E-state index in [1.54, 1.807) is 34.6 Å². The number of nitrogens with one attached hydrogen (secondary N) is 4. The van der Waals surface area contributed by atoms with Crippen LogP contribution >= 0.6 is 0 Å². The van der Waals surface area contributed by atoms with Crippen molar-refractivity contribution in [2.75, 3.05) is 55.9 Å². The van der Waals surface area contributed by atoms with Crippen LogP contribution in [-0.4, -0.2) is 216 Å². The van der Waals surface area contributed by atoms with Crippen molar-refractivity contribution in [2.45, 2.75) is 229 Å². The molecule has 0 saturated carbocycles. The van der Waals surface area contributed by atoms with E-state index in [9.17, 15) is 38.4 Å². The zero-order valence-corrected chi connectivity index (χ0v) is 56.5. The van der Waals surface area contributed by atoms with Crippen molar-refractivity contribution in [3.63, 3.8) is 0 Å². The Hall–Kier alpha value is -6.09. The summed E-state index contributed by atoms with van der Waals surface area (Å²) in [5.41, 5.74) is 0. The molecule has 0 bridgehead atoms. The molecule has 1 heterocycles. The molecular weight excluding hydrogens is 1090 g/mol. The van der Waals surface area contributed by atoms with Crippen molar-refractivity contribution >= 4 is 65.0 Å². The number of hydrogen-bond donors (Lipinski definition) is 4. The van der Waals surface area contributed by atoms with E-state index in [-0.39, 0.29) is 68.1 Å². The third-order valence-corrected chi connectivity index (χ3v) is 16.2. The van der Waals surface area contributed by atoms with Gasteiger partial charge in [-0.1, -0.05) is 109 Å². The molecule has 85 heavy (non-hydrogen) atoms. The molecular formula is C63H113N11O11. The van der Waals surface area contributed by atoms with Crippen LogP contribution in [0.25, 0.3) is 0 Å². The van der Waals surface area contributed by atoms with Gasteiger partial charge >= 0.3 is 0 Å². The number of nitrogens with zero attached hydrogens (tertiary/aromatic N) is 7. The van der Waals surface area contributed by atoms with Crippen LogP contribution < -0.4 is 21.3 Å². The SMILES string of the molecule is C/C=C/C[C@@H](C)C[C@@H]1C(=O)N[C@H](CC)C(=O)N(C)CC(=O)N(C)[C@@H](CC(C)C)C(=O)N[C@H](C(C)C)C(=O)N(C)[C@H](CC(C)C)C(=O)N[C@H](C)C(=O)N[C@@H](C)C(=O)N(C)[C@@H](CC(C)C)C(=O)N(C)[C@H](CCC(C)C)C(=O)N(C)[C@H](C(C)C)C(=O)N1C. The molecule has 0 radical (unpaired) electrons. The Kier molecular flexibility index (Phi) is 32.1. The number of carbonyl (C=O) groups excluding carboxylic acids is 11. The smallest absolute Gasteiger partial charge is 0.246 e. The average Bonchev–Trinajstić information content (AvgIpc) is 3.55. The van der Waals surface area contributed by atoms with E-state index in [2.05, 4.69) is 21.3 Å². The molecule has 0 spiro atoms. The highest BCUT2D eigenvalue weighted by atomic mass is 16.2. The fourth-order valence-corrected chi connectivity index (χ4v) is 10.7. The standard InChI is InChI=1S/C63H113N11O11/c1-25-27-28-42(15)34-49-56(78)66-45(26-2)59(81)68(18)35-51(75)69(19)47(31-37(5)6)57(79)67-52(40(11)12)62(84)71(21)48(32-38(7)8)55(77)64-43(16)54(76)65-44(17)58(80)73(23)50(33-39(9)10)61(83)70(20)46(30-29-36(3)4)60(82)74(24)53(41(13)14)63(85)72(49)22/h25,27,36-50,52-53H,26,28-35H2,1-24H3,(H,64,77)(H,65,76)(H,66,78)(H,67,79)/b27-25+/t42-,43-,44+,45-,46-,47+,48-,49-,50+,52-,53-/m1/s1. The molecule has 11 atom stereocenters. The van der Waals surface area contributed by atoms with Crippen LogP contribution in [-0.2, 0) is 52.7 Å². The van der Waals surface area contributed by atoms with Gasteiger partial charge in [0.05, 0.1) is 6.54 Å². The topological polar surface area (TPSA) is 259 Å². The Morgan fingerprint density at radius 1 is 0.447 bits per heavy atom. The third kappa shape index (κ3) is 22.6. The maximum atomic E-state index is 15.2. The van der Waals surface area contributed by atoms with Gasteiger partial charge in [-0.25, -0.2) is 0 Å².